The van der Waals surface area contributed by atoms with Gasteiger partial charge in [0.1, 0.15) is 22.9 Å². The third-order valence-electron chi connectivity index (χ3n) is 5.89. The summed E-state index contributed by atoms with van der Waals surface area (Å²) in [5.41, 5.74) is 14.1. The van der Waals surface area contributed by atoms with Gasteiger partial charge in [-0.3, -0.25) is 9.59 Å². The number of carbonyl (C=O) groups excluding carboxylic acids is 3. The average molecular weight is 537 g/mol. The van der Waals surface area contributed by atoms with Gasteiger partial charge in [-0.15, -0.1) is 0 Å². The molecule has 0 amide bonds. The van der Waals surface area contributed by atoms with E-state index in [0.717, 1.165) is 5.56 Å². The van der Waals surface area contributed by atoms with Crippen molar-refractivity contribution in [2.45, 2.75) is 90.5 Å². The molecular formula is C30H40N4O5. The van der Waals surface area contributed by atoms with E-state index in [0.29, 0.717) is 41.7 Å². The lowest BCUT2D eigenvalue weighted by Crippen LogP contribution is -2.37. The predicted molar refractivity (Wildman–Crippen MR) is 150 cm³/mol. The maximum atomic E-state index is 12.9. The van der Waals surface area contributed by atoms with Crippen LogP contribution in [0.15, 0.2) is 48.8 Å². The molecule has 3 aromatic rings. The summed E-state index contributed by atoms with van der Waals surface area (Å²) >= 11 is 0. The van der Waals surface area contributed by atoms with Crippen LogP contribution in [0.3, 0.4) is 0 Å². The minimum absolute atomic E-state index is 0.120. The van der Waals surface area contributed by atoms with Crippen LogP contribution in [0, 0.1) is 0 Å². The lowest BCUT2D eigenvalue weighted by Gasteiger charge is -2.22. The average Bonchev–Trinajstić information content (AvgIpc) is 3.28. The molecule has 0 spiro atoms. The Kier molecular flexibility index (Phi) is 9.30. The molecule has 0 fully saturated rings. The first-order valence-corrected chi connectivity index (χ1v) is 13.2. The molecule has 0 saturated carbocycles. The van der Waals surface area contributed by atoms with Crippen molar-refractivity contribution in [1.82, 2.24) is 9.38 Å². The summed E-state index contributed by atoms with van der Waals surface area (Å²) in [4.78, 5) is 42.3. The molecular weight excluding hydrogens is 496 g/mol. The van der Waals surface area contributed by atoms with Crippen molar-refractivity contribution in [1.29, 1.82) is 0 Å². The molecule has 9 nitrogen and oxygen atoms in total. The van der Waals surface area contributed by atoms with Gasteiger partial charge in [-0.05, 0) is 72.6 Å². The summed E-state index contributed by atoms with van der Waals surface area (Å²) in [5, 5.41) is 0. The number of pyridine rings is 1. The molecule has 3 rings (SSSR count). The Balaban J connectivity index is 1.68. The first-order chi connectivity index (χ1) is 18.1. The van der Waals surface area contributed by atoms with Gasteiger partial charge in [-0.2, -0.15) is 0 Å². The number of nitrogens with two attached hydrogens (primary N) is 2. The zero-order valence-corrected chi connectivity index (χ0v) is 23.7. The Morgan fingerprint density at radius 1 is 0.949 bits per heavy atom. The molecule has 2 aromatic heterocycles. The highest BCUT2D eigenvalue weighted by atomic mass is 16.6. The zero-order valence-electron chi connectivity index (χ0n) is 23.7. The number of carbonyl (C=O) groups is 3. The summed E-state index contributed by atoms with van der Waals surface area (Å²) in [6.07, 6.45) is 5.52. The van der Waals surface area contributed by atoms with Crippen LogP contribution in [0.4, 0.5) is 0 Å². The minimum atomic E-state index is -0.850. The summed E-state index contributed by atoms with van der Waals surface area (Å²) in [7, 11) is 0. The fourth-order valence-corrected chi connectivity index (χ4v) is 4.05. The SMILES string of the molecule is CC(C)(C)OC(=O)c1cccc(-c2cn3cccc(C(N)C(=O)CCCCC(N)C(=O)OC(C)(C)C)c3n2)c1. The second-order valence-corrected chi connectivity index (χ2v) is 11.7. The number of unbranched alkanes of at least 4 members (excludes halogenated alkanes) is 1. The van der Waals surface area contributed by atoms with Crippen LogP contribution >= 0.6 is 0 Å². The van der Waals surface area contributed by atoms with Crippen molar-refractivity contribution in [3.05, 3.63) is 59.9 Å². The monoisotopic (exact) mass is 536 g/mol. The molecule has 0 saturated heterocycles. The topological polar surface area (TPSA) is 139 Å². The fraction of sp³-hybridized carbons (Fsp3) is 0.467. The van der Waals surface area contributed by atoms with E-state index in [1.165, 1.54) is 0 Å². The van der Waals surface area contributed by atoms with E-state index in [2.05, 4.69) is 0 Å². The van der Waals surface area contributed by atoms with E-state index < -0.39 is 35.2 Å². The van der Waals surface area contributed by atoms with Crippen LogP contribution in [-0.2, 0) is 19.1 Å². The van der Waals surface area contributed by atoms with Crippen LogP contribution in [-0.4, -0.2) is 44.4 Å². The van der Waals surface area contributed by atoms with Crippen LogP contribution < -0.4 is 11.5 Å². The second kappa shape index (κ2) is 12.1. The molecule has 9 heteroatoms. The number of hydrogen-bond donors (Lipinski definition) is 2. The number of fused-ring (bicyclic) bond motifs is 1. The number of ether oxygens (including phenoxy) is 2. The number of imidazole rings is 1. The molecule has 0 aliphatic heterocycles. The highest BCUT2D eigenvalue weighted by Gasteiger charge is 2.23. The molecule has 210 valence electrons. The fourth-order valence-electron chi connectivity index (χ4n) is 4.05. The van der Waals surface area contributed by atoms with Crippen molar-refractivity contribution in [2.75, 3.05) is 0 Å². The number of benzene rings is 1. The number of esters is 2. The van der Waals surface area contributed by atoms with Gasteiger partial charge in [-0.25, -0.2) is 9.78 Å². The number of Topliss-reactive ketones (excluding diaryl/α,β-unsaturated/α-hetero) is 1. The summed E-state index contributed by atoms with van der Waals surface area (Å²) in [6, 6.07) is 9.13. The van der Waals surface area contributed by atoms with Gasteiger partial charge >= 0.3 is 11.9 Å². The van der Waals surface area contributed by atoms with Crippen molar-refractivity contribution in [2.24, 2.45) is 11.5 Å². The highest BCUT2D eigenvalue weighted by Crippen LogP contribution is 2.26. The third-order valence-corrected chi connectivity index (χ3v) is 5.89. The van der Waals surface area contributed by atoms with Crippen LogP contribution in [0.1, 0.15) is 89.2 Å². The van der Waals surface area contributed by atoms with Gasteiger partial charge in [0, 0.05) is 29.9 Å². The number of ketones is 1. The molecule has 0 radical (unpaired) electrons. The number of nitrogens with zero attached hydrogens (tertiary/aromatic N) is 2. The largest absolute Gasteiger partial charge is 0.459 e. The Bertz CT molecular complexity index is 1330. The van der Waals surface area contributed by atoms with Crippen molar-refractivity contribution >= 4 is 23.4 Å². The lowest BCUT2D eigenvalue weighted by molar-refractivity contribution is -0.156. The molecule has 2 heterocycles. The van der Waals surface area contributed by atoms with Crippen molar-refractivity contribution < 1.29 is 23.9 Å². The van der Waals surface area contributed by atoms with Gasteiger partial charge in [0.25, 0.3) is 0 Å². The summed E-state index contributed by atoms with van der Waals surface area (Å²) in [5.74, 6) is -0.970. The van der Waals surface area contributed by atoms with Crippen LogP contribution in [0.25, 0.3) is 16.9 Å². The molecule has 0 aliphatic carbocycles. The smallest absolute Gasteiger partial charge is 0.338 e. The quantitative estimate of drug-likeness (QED) is 0.279. The molecule has 0 aliphatic rings. The standard InChI is InChI=1S/C30H40N4O5/c1-29(2,3)38-27(36)20-12-9-11-19(17-20)23-18-34-16-10-13-21(26(34)33-23)25(32)24(35)15-8-7-14-22(31)28(37)39-30(4,5)6/h9-13,16-18,22,25H,7-8,14-15,31-32H2,1-6H3. The van der Waals surface area contributed by atoms with Crippen molar-refractivity contribution in [3.8, 4) is 11.3 Å². The van der Waals surface area contributed by atoms with E-state index in [1.54, 1.807) is 45.0 Å². The molecule has 1 aromatic carbocycles. The number of aromatic nitrogens is 2. The molecule has 39 heavy (non-hydrogen) atoms. The van der Waals surface area contributed by atoms with Crippen molar-refractivity contribution in [3.63, 3.8) is 0 Å². The Hall–Kier alpha value is -3.56. The zero-order chi connectivity index (χ0) is 29.0. The Morgan fingerprint density at radius 3 is 2.31 bits per heavy atom. The minimum Gasteiger partial charge on any atom is -0.459 e. The van der Waals surface area contributed by atoms with Gasteiger partial charge in [0.15, 0.2) is 5.78 Å². The third kappa shape index (κ3) is 8.46. The Labute approximate surface area is 229 Å². The first kappa shape index (κ1) is 30.0. The number of rotatable bonds is 10. The molecule has 4 N–H and O–H groups in total. The maximum Gasteiger partial charge on any atom is 0.338 e. The van der Waals surface area contributed by atoms with E-state index >= 15 is 0 Å². The normalized spacial score (nSPS) is 13.6. The summed E-state index contributed by atoms with van der Waals surface area (Å²) < 4.78 is 12.6. The van der Waals surface area contributed by atoms with E-state index in [-0.39, 0.29) is 12.2 Å². The van der Waals surface area contributed by atoms with Gasteiger partial charge in [0.2, 0.25) is 0 Å². The molecule has 0 bridgehead atoms. The van der Waals surface area contributed by atoms with Gasteiger partial charge < -0.3 is 25.3 Å². The van der Waals surface area contributed by atoms with Crippen LogP contribution in [0.2, 0.25) is 0 Å². The van der Waals surface area contributed by atoms with E-state index in [4.69, 9.17) is 25.9 Å². The first-order valence-electron chi connectivity index (χ1n) is 13.2. The molecule has 2 unspecified atom stereocenters. The lowest BCUT2D eigenvalue weighted by atomic mass is 9.99. The van der Waals surface area contributed by atoms with Gasteiger partial charge in [-0.1, -0.05) is 24.6 Å². The van der Waals surface area contributed by atoms with Crippen LogP contribution in [0.5, 0.6) is 0 Å². The summed E-state index contributed by atoms with van der Waals surface area (Å²) in [6.45, 7) is 10.8. The second-order valence-electron chi connectivity index (χ2n) is 11.7. The molecule has 2 atom stereocenters. The maximum absolute atomic E-state index is 12.9. The van der Waals surface area contributed by atoms with Gasteiger partial charge in [0.05, 0.1) is 17.3 Å². The van der Waals surface area contributed by atoms with E-state index in [1.807, 2.05) is 49.7 Å². The Morgan fingerprint density at radius 2 is 1.64 bits per heavy atom. The number of hydrogen-bond acceptors (Lipinski definition) is 8. The predicted octanol–water partition coefficient (Wildman–Crippen LogP) is 4.75. The highest BCUT2D eigenvalue weighted by molar-refractivity contribution is 5.91. The van der Waals surface area contributed by atoms with E-state index in [9.17, 15) is 14.4 Å².